The number of nitrogens with one attached hydrogen (secondary N) is 2. The van der Waals surface area contributed by atoms with Gasteiger partial charge in [0, 0.05) is 62.5 Å². The van der Waals surface area contributed by atoms with Crippen LogP contribution < -0.4 is 20.3 Å². The van der Waals surface area contributed by atoms with Crippen LogP contribution in [0.2, 0.25) is 20.1 Å². The molecule has 7 rings (SSSR count). The lowest BCUT2D eigenvalue weighted by molar-refractivity contribution is -0.128. The first-order valence-corrected chi connectivity index (χ1v) is 16.9. The number of rotatable bonds is 9. The van der Waals surface area contributed by atoms with Crippen molar-refractivity contribution >= 4 is 74.4 Å². The Hall–Kier alpha value is -2.04. The molecular weight excluding hydrogens is 648 g/mol. The van der Waals surface area contributed by atoms with E-state index >= 15 is 0 Å². The number of carbonyl (C=O) groups is 1. The molecular formula is C31H31Cl4N5O2S. The predicted molar refractivity (Wildman–Crippen MR) is 175 cm³/mol. The zero-order chi connectivity index (χ0) is 29.7. The Morgan fingerprint density at radius 2 is 1.79 bits per heavy atom. The summed E-state index contributed by atoms with van der Waals surface area (Å²) in [4.78, 5) is 24.5. The van der Waals surface area contributed by atoms with Crippen LogP contribution in [0.25, 0.3) is 5.57 Å². The van der Waals surface area contributed by atoms with E-state index in [-0.39, 0.29) is 24.0 Å². The van der Waals surface area contributed by atoms with Crippen molar-refractivity contribution in [1.82, 2.24) is 20.5 Å². The number of piperazine rings is 1. The number of thiazole rings is 1. The lowest BCUT2D eigenvalue weighted by atomic mass is 9.86. The second-order valence-corrected chi connectivity index (χ2v) is 14.3. The van der Waals surface area contributed by atoms with Crippen LogP contribution in [-0.4, -0.2) is 66.7 Å². The van der Waals surface area contributed by atoms with E-state index in [1.54, 1.807) is 29.5 Å². The van der Waals surface area contributed by atoms with Gasteiger partial charge >= 0.3 is 0 Å². The van der Waals surface area contributed by atoms with Crippen LogP contribution in [0.4, 0.5) is 5.13 Å². The first-order valence-electron chi connectivity index (χ1n) is 14.6. The lowest BCUT2D eigenvalue weighted by Gasteiger charge is -2.40. The maximum Gasteiger partial charge on any atom is 0.252 e. The normalized spacial score (nSPS) is 22.0. The number of nitrogens with zero attached hydrogens (tertiary/aromatic N) is 3. The summed E-state index contributed by atoms with van der Waals surface area (Å²) >= 11 is 27.1. The van der Waals surface area contributed by atoms with Gasteiger partial charge in [0.15, 0.2) is 10.9 Å². The molecule has 3 aromatic rings. The molecule has 0 unspecified atom stereocenters. The van der Waals surface area contributed by atoms with Crippen molar-refractivity contribution in [3.63, 3.8) is 0 Å². The summed E-state index contributed by atoms with van der Waals surface area (Å²) in [5, 5.41) is 10.2. The van der Waals surface area contributed by atoms with E-state index in [4.69, 9.17) is 56.1 Å². The second kappa shape index (κ2) is 12.4. The average molecular weight is 680 g/mol. The fourth-order valence-electron chi connectivity index (χ4n) is 6.16. The largest absolute Gasteiger partial charge is 0.490 e. The summed E-state index contributed by atoms with van der Waals surface area (Å²) in [6.07, 6.45) is 4.72. The summed E-state index contributed by atoms with van der Waals surface area (Å²) < 4.78 is 5.96. The molecule has 1 aliphatic carbocycles. The van der Waals surface area contributed by atoms with Gasteiger partial charge in [0.25, 0.3) is 5.91 Å². The molecule has 3 aliphatic heterocycles. The first kappa shape index (κ1) is 29.7. The highest BCUT2D eigenvalue weighted by Crippen LogP contribution is 2.41. The highest BCUT2D eigenvalue weighted by atomic mass is 35.5. The summed E-state index contributed by atoms with van der Waals surface area (Å²) in [5.41, 5.74) is 2.82. The quantitative estimate of drug-likeness (QED) is 0.268. The van der Waals surface area contributed by atoms with Gasteiger partial charge in [0.05, 0.1) is 37.6 Å². The fourth-order valence-corrected chi connectivity index (χ4v) is 8.05. The third kappa shape index (κ3) is 6.12. The third-order valence-electron chi connectivity index (χ3n) is 8.55. The summed E-state index contributed by atoms with van der Waals surface area (Å²) in [5.74, 6) is 0.960. The van der Waals surface area contributed by atoms with Crippen molar-refractivity contribution in [3.8, 4) is 5.75 Å². The van der Waals surface area contributed by atoms with Gasteiger partial charge in [-0.15, -0.1) is 0 Å². The lowest BCUT2D eigenvalue weighted by Crippen LogP contribution is -2.59. The van der Waals surface area contributed by atoms with Crippen molar-refractivity contribution in [2.45, 2.75) is 43.9 Å². The molecule has 1 saturated carbocycles. The van der Waals surface area contributed by atoms with E-state index in [9.17, 15) is 4.79 Å². The molecule has 2 aromatic carbocycles. The number of para-hydroxylation sites is 1. The molecule has 4 aliphatic rings. The smallest absolute Gasteiger partial charge is 0.252 e. The van der Waals surface area contributed by atoms with Gasteiger partial charge in [0.1, 0.15) is 0 Å². The Morgan fingerprint density at radius 3 is 2.56 bits per heavy atom. The van der Waals surface area contributed by atoms with E-state index in [0.717, 1.165) is 65.6 Å². The maximum atomic E-state index is 14.4. The van der Waals surface area contributed by atoms with Gasteiger partial charge in [-0.25, -0.2) is 4.98 Å². The number of ether oxygens (including phenoxy) is 1. The number of benzene rings is 2. The number of hydrogen-bond donors (Lipinski definition) is 2. The second-order valence-electron chi connectivity index (χ2n) is 11.7. The average Bonchev–Trinajstić information content (AvgIpc) is 3.70. The van der Waals surface area contributed by atoms with Crippen LogP contribution in [-0.2, 0) is 11.3 Å². The standard InChI is InChI=1S/C31H31Cl4N5O2S/c32-22-4-1-3-18(28(22)35)15-40(20-7-8-20)30(41)27-21(9-19-10-36-11-25(27)38-19)26-12-37-31(43-26)39-13-17(14-39)16-42-29-23(33)5-2-6-24(29)34/h1-6,12,17,19-20,25,36,38H,7-11,13-16H2/t19-,25-/m1/s1. The van der Waals surface area contributed by atoms with E-state index in [1.807, 2.05) is 29.3 Å². The van der Waals surface area contributed by atoms with E-state index < -0.39 is 0 Å². The van der Waals surface area contributed by atoms with Crippen LogP contribution in [0.1, 0.15) is 29.7 Å². The zero-order valence-electron chi connectivity index (χ0n) is 23.3. The molecule has 2 bridgehead atoms. The molecule has 1 aromatic heterocycles. The maximum absolute atomic E-state index is 14.4. The van der Waals surface area contributed by atoms with Crippen LogP contribution in [0, 0.1) is 5.92 Å². The topological polar surface area (TPSA) is 69.7 Å². The highest BCUT2D eigenvalue weighted by Gasteiger charge is 2.42. The molecule has 2 N–H and O–H groups in total. The SMILES string of the molecule is O=C(C1=C(c2cnc(N3CC(COc4c(Cl)cccc4Cl)C3)s2)C[C@@H]2CNC[C@H]1N2)N(Cc1cccc(Cl)c1Cl)C1CC1. The van der Waals surface area contributed by atoms with Gasteiger partial charge in [-0.1, -0.05) is 75.9 Å². The summed E-state index contributed by atoms with van der Waals surface area (Å²) in [6, 6.07) is 11.4. The Labute approximate surface area is 275 Å². The molecule has 43 heavy (non-hydrogen) atoms. The molecule has 0 spiro atoms. The Balaban J connectivity index is 1.10. The molecule has 7 nitrogen and oxygen atoms in total. The van der Waals surface area contributed by atoms with Crippen molar-refractivity contribution in [2.24, 2.45) is 5.92 Å². The molecule has 2 saturated heterocycles. The molecule has 1 amide bonds. The minimum atomic E-state index is -0.0567. The number of aromatic nitrogens is 1. The Morgan fingerprint density at radius 1 is 1.05 bits per heavy atom. The zero-order valence-corrected chi connectivity index (χ0v) is 27.1. The molecule has 0 radical (unpaired) electrons. The molecule has 12 heteroatoms. The van der Waals surface area contributed by atoms with Crippen LogP contribution in [0.5, 0.6) is 5.75 Å². The van der Waals surface area contributed by atoms with Crippen molar-refractivity contribution in [1.29, 1.82) is 0 Å². The fraction of sp³-hybridized carbons (Fsp3) is 0.419. The summed E-state index contributed by atoms with van der Waals surface area (Å²) in [7, 11) is 0. The van der Waals surface area contributed by atoms with Crippen molar-refractivity contribution in [2.75, 3.05) is 37.7 Å². The number of fused-ring (bicyclic) bond motifs is 2. The Bertz CT molecular complexity index is 1550. The molecule has 4 heterocycles. The molecule has 2 atom stereocenters. The Kier molecular flexibility index (Phi) is 8.55. The minimum Gasteiger partial charge on any atom is -0.490 e. The van der Waals surface area contributed by atoms with Crippen molar-refractivity contribution in [3.05, 3.63) is 78.7 Å². The first-order chi connectivity index (χ1) is 20.9. The minimum absolute atomic E-state index is 0.0567. The highest BCUT2D eigenvalue weighted by molar-refractivity contribution is 7.16. The van der Waals surface area contributed by atoms with Crippen LogP contribution in [0.3, 0.4) is 0 Å². The monoisotopic (exact) mass is 677 g/mol. The van der Waals surface area contributed by atoms with E-state index in [2.05, 4.69) is 15.5 Å². The molecule has 3 fully saturated rings. The number of amides is 1. The van der Waals surface area contributed by atoms with Gasteiger partial charge in [-0.2, -0.15) is 0 Å². The van der Waals surface area contributed by atoms with Gasteiger partial charge in [-0.05, 0) is 48.6 Å². The van der Waals surface area contributed by atoms with Crippen LogP contribution >= 0.6 is 57.7 Å². The number of carbonyl (C=O) groups excluding carboxylic acids is 1. The third-order valence-corrected chi connectivity index (χ3v) is 11.1. The van der Waals surface area contributed by atoms with Gasteiger partial charge < -0.3 is 25.2 Å². The van der Waals surface area contributed by atoms with Gasteiger partial charge in [0.2, 0.25) is 0 Å². The van der Waals surface area contributed by atoms with Gasteiger partial charge in [-0.3, -0.25) is 4.79 Å². The molecule has 226 valence electrons. The number of halogens is 4. The van der Waals surface area contributed by atoms with E-state index in [0.29, 0.717) is 51.5 Å². The van der Waals surface area contributed by atoms with Crippen LogP contribution in [0.15, 0.2) is 48.2 Å². The predicted octanol–water partition coefficient (Wildman–Crippen LogP) is 6.55. The summed E-state index contributed by atoms with van der Waals surface area (Å²) in [6.45, 7) is 4.25. The van der Waals surface area contributed by atoms with Crippen molar-refractivity contribution < 1.29 is 9.53 Å². The number of anilines is 1. The van der Waals surface area contributed by atoms with E-state index in [1.165, 1.54) is 0 Å². The number of hydrogen-bond acceptors (Lipinski definition) is 7.